The van der Waals surface area contributed by atoms with Gasteiger partial charge in [0.2, 0.25) is 0 Å². The first-order chi connectivity index (χ1) is 5.70. The molecule has 0 saturated heterocycles. The van der Waals surface area contributed by atoms with Crippen LogP contribution in [0.2, 0.25) is 0 Å². The van der Waals surface area contributed by atoms with Crippen molar-refractivity contribution in [3.63, 3.8) is 0 Å². The maximum atomic E-state index is 10.4. The molecule has 0 aliphatic carbocycles. The van der Waals surface area contributed by atoms with E-state index in [1.165, 1.54) is 14.2 Å². The van der Waals surface area contributed by atoms with E-state index >= 15 is 0 Å². The smallest absolute Gasteiger partial charge is 0.272 e. The van der Waals surface area contributed by atoms with Crippen LogP contribution in [0.1, 0.15) is 0 Å². The summed E-state index contributed by atoms with van der Waals surface area (Å²) < 4.78 is 38.4. The molecule has 0 saturated carbocycles. The first kappa shape index (κ1) is 12.1. The van der Waals surface area contributed by atoms with E-state index in [2.05, 4.69) is 16.7 Å². The zero-order valence-corrected chi connectivity index (χ0v) is 8.31. The molecule has 0 radical (unpaired) electrons. The van der Waals surface area contributed by atoms with Crippen LogP contribution in [0, 0.1) is 0 Å². The van der Waals surface area contributed by atoms with E-state index in [4.69, 9.17) is 0 Å². The summed E-state index contributed by atoms with van der Waals surface area (Å²) in [4.78, 5) is 0. The Morgan fingerprint density at radius 1 is 0.917 bits per heavy atom. The van der Waals surface area contributed by atoms with E-state index in [0.717, 1.165) is 0 Å². The van der Waals surface area contributed by atoms with Gasteiger partial charge in [0.15, 0.2) is 0 Å². The summed E-state index contributed by atoms with van der Waals surface area (Å²) in [7, 11) is 2.48. The Labute approximate surface area is 75.9 Å². The second kappa shape index (κ2) is 7.77. The molecule has 6 nitrogen and oxygen atoms in total. The van der Waals surface area contributed by atoms with Crippen LogP contribution in [-0.2, 0) is 39.5 Å². The summed E-state index contributed by atoms with van der Waals surface area (Å²) in [5, 5.41) is 0. The predicted molar refractivity (Wildman–Crippen MR) is 42.2 cm³/mol. The number of hydrogen-bond acceptors (Lipinski definition) is 6. The molecule has 0 heterocycles. The summed E-state index contributed by atoms with van der Waals surface area (Å²) in [6.07, 6.45) is 0. The maximum absolute atomic E-state index is 10.4. The van der Waals surface area contributed by atoms with Crippen molar-refractivity contribution in [2.45, 2.75) is 0 Å². The molecule has 0 spiro atoms. The minimum Gasteiger partial charge on any atom is -0.272 e. The molecule has 0 fully saturated rings. The maximum Gasteiger partial charge on any atom is 0.304 e. The third kappa shape index (κ3) is 6.83. The van der Waals surface area contributed by atoms with Crippen LogP contribution in [0.5, 0.6) is 0 Å². The van der Waals surface area contributed by atoms with Gasteiger partial charge < -0.3 is 0 Å². The highest BCUT2D eigenvalue weighted by Crippen LogP contribution is 1.89. The standard InChI is InChI=1S/C4H10O6S2/c1-7-11(5)9-3-4-10-12(6)8-2/h3-4H2,1-2H3. The van der Waals surface area contributed by atoms with Gasteiger partial charge in [-0.05, 0) is 0 Å². The molecule has 0 aliphatic heterocycles. The van der Waals surface area contributed by atoms with Gasteiger partial charge in [-0.1, -0.05) is 0 Å². The molecule has 0 aromatic heterocycles. The number of rotatable bonds is 7. The Balaban J connectivity index is 3.21. The predicted octanol–water partition coefficient (Wildman–Crippen LogP) is -0.530. The van der Waals surface area contributed by atoms with Crippen LogP contribution in [0.25, 0.3) is 0 Å². The van der Waals surface area contributed by atoms with Gasteiger partial charge in [0.05, 0.1) is 27.4 Å². The topological polar surface area (TPSA) is 71.1 Å². The lowest BCUT2D eigenvalue weighted by molar-refractivity contribution is 0.204. The van der Waals surface area contributed by atoms with E-state index in [1.54, 1.807) is 0 Å². The fourth-order valence-electron chi connectivity index (χ4n) is 0.300. The highest BCUT2D eigenvalue weighted by molar-refractivity contribution is 7.75. The molecule has 0 bridgehead atoms. The van der Waals surface area contributed by atoms with Crippen LogP contribution in [0.3, 0.4) is 0 Å². The van der Waals surface area contributed by atoms with Crippen molar-refractivity contribution in [3.8, 4) is 0 Å². The van der Waals surface area contributed by atoms with Crippen molar-refractivity contribution in [1.29, 1.82) is 0 Å². The Kier molecular flexibility index (Phi) is 7.86. The molecule has 0 rings (SSSR count). The van der Waals surface area contributed by atoms with E-state index in [9.17, 15) is 8.42 Å². The van der Waals surface area contributed by atoms with Crippen molar-refractivity contribution in [3.05, 3.63) is 0 Å². The van der Waals surface area contributed by atoms with Gasteiger partial charge in [-0.2, -0.15) is 8.42 Å². The van der Waals surface area contributed by atoms with Crippen molar-refractivity contribution < 1.29 is 25.2 Å². The molecule has 8 heteroatoms. The molecular formula is C4H10O6S2. The summed E-state index contributed by atoms with van der Waals surface area (Å²) in [5.74, 6) is 0. The first-order valence-corrected chi connectivity index (χ1v) is 4.89. The van der Waals surface area contributed by atoms with E-state index < -0.39 is 22.7 Å². The number of hydrogen-bond donors (Lipinski definition) is 0. The fraction of sp³-hybridized carbons (Fsp3) is 1.00. The van der Waals surface area contributed by atoms with Crippen LogP contribution < -0.4 is 0 Å². The van der Waals surface area contributed by atoms with Gasteiger partial charge in [0.1, 0.15) is 0 Å². The van der Waals surface area contributed by atoms with Crippen LogP contribution in [-0.4, -0.2) is 35.9 Å². The fourth-order valence-corrected chi connectivity index (χ4v) is 0.901. The second-order valence-corrected chi connectivity index (χ2v) is 3.34. The molecule has 2 unspecified atom stereocenters. The highest BCUT2D eigenvalue weighted by atomic mass is 32.2. The highest BCUT2D eigenvalue weighted by Gasteiger charge is 1.99. The molecule has 0 aromatic carbocycles. The lowest BCUT2D eigenvalue weighted by Gasteiger charge is -2.00. The van der Waals surface area contributed by atoms with Crippen molar-refractivity contribution >= 4 is 22.7 Å². The van der Waals surface area contributed by atoms with Crippen molar-refractivity contribution in [1.82, 2.24) is 0 Å². The van der Waals surface area contributed by atoms with Gasteiger partial charge in [-0.25, -0.2) is 0 Å². The lowest BCUT2D eigenvalue weighted by atomic mass is 10.8. The zero-order chi connectivity index (χ0) is 9.40. The Bertz CT molecular complexity index is 142. The molecule has 0 N–H and O–H groups in total. The molecule has 2 atom stereocenters. The summed E-state index contributed by atoms with van der Waals surface area (Å²) in [5.41, 5.74) is 0. The molecule has 0 aliphatic rings. The van der Waals surface area contributed by atoms with Crippen molar-refractivity contribution in [2.24, 2.45) is 0 Å². The third-order valence-corrected chi connectivity index (χ3v) is 1.98. The molecular weight excluding hydrogens is 208 g/mol. The quantitative estimate of drug-likeness (QED) is 0.535. The largest absolute Gasteiger partial charge is 0.304 e. The van der Waals surface area contributed by atoms with Gasteiger partial charge in [0.25, 0.3) is 0 Å². The second-order valence-electron chi connectivity index (χ2n) is 1.39. The monoisotopic (exact) mass is 218 g/mol. The summed E-state index contributed by atoms with van der Waals surface area (Å²) in [6, 6.07) is 0. The van der Waals surface area contributed by atoms with E-state index in [1.807, 2.05) is 0 Å². The average Bonchev–Trinajstić information content (AvgIpc) is 2.11. The average molecular weight is 218 g/mol. The van der Waals surface area contributed by atoms with Gasteiger partial charge in [-0.15, -0.1) is 0 Å². The molecule has 74 valence electrons. The van der Waals surface area contributed by atoms with Gasteiger partial charge >= 0.3 is 22.7 Å². The normalized spacial score (nSPS) is 15.8. The van der Waals surface area contributed by atoms with Gasteiger partial charge in [-0.3, -0.25) is 16.7 Å². The van der Waals surface area contributed by atoms with E-state index in [-0.39, 0.29) is 13.2 Å². The SMILES string of the molecule is COS(=O)OCCOS(=O)OC. The Morgan fingerprint density at radius 3 is 1.50 bits per heavy atom. The van der Waals surface area contributed by atoms with Crippen LogP contribution >= 0.6 is 0 Å². The zero-order valence-electron chi connectivity index (χ0n) is 6.68. The van der Waals surface area contributed by atoms with Crippen LogP contribution in [0.4, 0.5) is 0 Å². The third-order valence-electron chi connectivity index (χ3n) is 0.715. The minimum absolute atomic E-state index is 0.0234. The Hall–Kier alpha value is 0.140. The first-order valence-electron chi connectivity index (χ1n) is 2.89. The summed E-state index contributed by atoms with van der Waals surface area (Å²) in [6.45, 7) is 0.0467. The molecule has 12 heavy (non-hydrogen) atoms. The van der Waals surface area contributed by atoms with Crippen molar-refractivity contribution in [2.75, 3.05) is 27.4 Å². The van der Waals surface area contributed by atoms with E-state index in [0.29, 0.717) is 0 Å². The molecule has 0 aromatic rings. The molecule has 0 amide bonds. The van der Waals surface area contributed by atoms with Gasteiger partial charge in [0, 0.05) is 0 Å². The Morgan fingerprint density at radius 2 is 1.25 bits per heavy atom. The summed E-state index contributed by atoms with van der Waals surface area (Å²) >= 11 is -3.53. The minimum atomic E-state index is -1.76. The van der Waals surface area contributed by atoms with Crippen LogP contribution in [0.15, 0.2) is 0 Å². The lowest BCUT2D eigenvalue weighted by Crippen LogP contribution is -2.09.